The van der Waals surface area contributed by atoms with E-state index in [-0.39, 0.29) is 0 Å². The molecule has 1 aromatic heterocycles. The van der Waals surface area contributed by atoms with Gasteiger partial charge in [0.15, 0.2) is 11.8 Å². The Morgan fingerprint density at radius 2 is 2.07 bits per heavy atom. The first kappa shape index (κ1) is 20.6. The maximum Gasteiger partial charge on any atom is 0.191 e. The van der Waals surface area contributed by atoms with Crippen LogP contribution >= 0.6 is 0 Å². The normalized spacial score (nSPS) is 28.9. The Morgan fingerprint density at radius 3 is 2.76 bits per heavy atom. The molecule has 2 saturated carbocycles. The Balaban J connectivity index is 1.37. The Labute approximate surface area is 175 Å². The second kappa shape index (κ2) is 8.62. The molecule has 0 amide bonds. The average molecular weight is 403 g/mol. The fourth-order valence-corrected chi connectivity index (χ4v) is 5.49. The monoisotopic (exact) mass is 402 g/mol. The minimum atomic E-state index is 0.295. The molecule has 162 valence electrons. The predicted molar refractivity (Wildman–Crippen MR) is 115 cm³/mol. The van der Waals surface area contributed by atoms with Crippen molar-refractivity contribution in [3.8, 4) is 0 Å². The molecule has 2 fully saturated rings. The van der Waals surface area contributed by atoms with Gasteiger partial charge in [-0.2, -0.15) is 5.10 Å². The lowest BCUT2D eigenvalue weighted by molar-refractivity contribution is -0.145. The van der Waals surface area contributed by atoms with E-state index in [0.717, 1.165) is 50.0 Å². The summed E-state index contributed by atoms with van der Waals surface area (Å²) in [7, 11) is 1.88. The van der Waals surface area contributed by atoms with Crippen LogP contribution in [-0.4, -0.2) is 52.6 Å². The molecule has 0 aromatic carbocycles. The molecule has 1 aromatic rings. The third kappa shape index (κ3) is 4.03. The Morgan fingerprint density at radius 1 is 1.28 bits per heavy atom. The second-order valence-corrected chi connectivity index (χ2v) is 9.35. The van der Waals surface area contributed by atoms with E-state index in [4.69, 9.17) is 14.8 Å². The van der Waals surface area contributed by atoms with Gasteiger partial charge in [0.25, 0.3) is 0 Å². The minimum Gasteiger partial charge on any atom is -0.378 e. The zero-order valence-corrected chi connectivity index (χ0v) is 18.6. The van der Waals surface area contributed by atoms with Crippen molar-refractivity contribution in [2.24, 2.45) is 10.4 Å². The highest BCUT2D eigenvalue weighted by molar-refractivity contribution is 5.80. The minimum absolute atomic E-state index is 0.295. The van der Waals surface area contributed by atoms with Gasteiger partial charge in [-0.1, -0.05) is 33.1 Å². The van der Waals surface area contributed by atoms with Crippen LogP contribution in [0, 0.1) is 5.41 Å². The summed E-state index contributed by atoms with van der Waals surface area (Å²) in [4.78, 5) is 9.25. The van der Waals surface area contributed by atoms with E-state index in [1.807, 2.05) is 7.05 Å². The molecular formula is C22H38N6O. The molecule has 1 aliphatic heterocycles. The molecule has 4 rings (SSSR count). The van der Waals surface area contributed by atoms with Crippen LogP contribution < -0.4 is 10.6 Å². The van der Waals surface area contributed by atoms with Gasteiger partial charge in [0.2, 0.25) is 0 Å². The highest BCUT2D eigenvalue weighted by atomic mass is 16.5. The number of guanidine groups is 1. The van der Waals surface area contributed by atoms with E-state index in [2.05, 4.69) is 41.1 Å². The number of aliphatic imine (C=N–C) groups is 1. The lowest BCUT2D eigenvalue weighted by atomic mass is 9.55. The lowest BCUT2D eigenvalue weighted by Gasteiger charge is -2.58. The van der Waals surface area contributed by atoms with Crippen molar-refractivity contribution in [2.45, 2.75) is 103 Å². The molecule has 3 unspecified atom stereocenters. The summed E-state index contributed by atoms with van der Waals surface area (Å²) in [5.74, 6) is 3.37. The van der Waals surface area contributed by atoms with Gasteiger partial charge in [0.05, 0.1) is 12.6 Å². The van der Waals surface area contributed by atoms with Gasteiger partial charge in [0, 0.05) is 43.5 Å². The van der Waals surface area contributed by atoms with Gasteiger partial charge in [0.1, 0.15) is 5.82 Å². The molecule has 2 aliphatic carbocycles. The van der Waals surface area contributed by atoms with Crippen LogP contribution in [0.3, 0.4) is 0 Å². The smallest absolute Gasteiger partial charge is 0.191 e. The van der Waals surface area contributed by atoms with E-state index in [1.54, 1.807) is 0 Å². The van der Waals surface area contributed by atoms with E-state index < -0.39 is 0 Å². The molecule has 7 heteroatoms. The number of aryl methyl sites for hydroxylation is 1. The molecule has 0 radical (unpaired) electrons. The van der Waals surface area contributed by atoms with Crippen LogP contribution in [0.4, 0.5) is 0 Å². The predicted octanol–water partition coefficient (Wildman–Crippen LogP) is 3.01. The number of ether oxygens (including phenoxy) is 1. The maximum atomic E-state index is 6.11. The summed E-state index contributed by atoms with van der Waals surface area (Å²) in [5, 5.41) is 12.1. The summed E-state index contributed by atoms with van der Waals surface area (Å²) < 4.78 is 8.19. The SMILES string of the molecule is CCOC1CC(NC(=NC)NC2CCc3nc(C(C)C)nn3C2)C12CCCCC2. The molecule has 3 atom stereocenters. The van der Waals surface area contributed by atoms with Crippen LogP contribution in [0.2, 0.25) is 0 Å². The molecule has 7 nitrogen and oxygen atoms in total. The average Bonchev–Trinajstić information content (AvgIpc) is 3.16. The molecule has 0 bridgehead atoms. The topological polar surface area (TPSA) is 76.4 Å². The number of nitrogens with one attached hydrogen (secondary N) is 2. The third-order valence-electron chi connectivity index (χ3n) is 7.20. The van der Waals surface area contributed by atoms with Crippen molar-refractivity contribution in [1.29, 1.82) is 0 Å². The molecule has 3 aliphatic rings. The van der Waals surface area contributed by atoms with Gasteiger partial charge in [-0.05, 0) is 32.6 Å². The lowest BCUT2D eigenvalue weighted by Crippen LogP contribution is -2.67. The van der Waals surface area contributed by atoms with Crippen LogP contribution in [0.5, 0.6) is 0 Å². The summed E-state index contributed by atoms with van der Waals surface area (Å²) in [6.45, 7) is 8.08. The summed E-state index contributed by atoms with van der Waals surface area (Å²) in [6.07, 6.45) is 10.1. The van der Waals surface area contributed by atoms with E-state index in [1.165, 1.54) is 32.1 Å². The highest BCUT2D eigenvalue weighted by Gasteiger charge is 2.55. The van der Waals surface area contributed by atoms with Crippen LogP contribution in [-0.2, 0) is 17.7 Å². The van der Waals surface area contributed by atoms with Gasteiger partial charge in [-0.25, -0.2) is 9.67 Å². The maximum absolute atomic E-state index is 6.11. The summed E-state index contributed by atoms with van der Waals surface area (Å²) in [5.41, 5.74) is 0.295. The van der Waals surface area contributed by atoms with Gasteiger partial charge >= 0.3 is 0 Å². The molecule has 1 spiro atoms. The number of hydrogen-bond acceptors (Lipinski definition) is 4. The van der Waals surface area contributed by atoms with Crippen molar-refractivity contribution in [2.75, 3.05) is 13.7 Å². The molecule has 2 heterocycles. The number of nitrogens with zero attached hydrogens (tertiary/aromatic N) is 4. The van der Waals surface area contributed by atoms with Crippen LogP contribution in [0.15, 0.2) is 4.99 Å². The van der Waals surface area contributed by atoms with Crippen molar-refractivity contribution < 1.29 is 4.74 Å². The third-order valence-corrected chi connectivity index (χ3v) is 7.20. The number of hydrogen-bond donors (Lipinski definition) is 2. The van der Waals surface area contributed by atoms with Gasteiger partial charge < -0.3 is 15.4 Å². The fraction of sp³-hybridized carbons (Fsp3) is 0.864. The number of fused-ring (bicyclic) bond motifs is 1. The first-order chi connectivity index (χ1) is 14.1. The summed E-state index contributed by atoms with van der Waals surface area (Å²) in [6, 6.07) is 0.795. The Kier molecular flexibility index (Phi) is 6.13. The van der Waals surface area contributed by atoms with E-state index >= 15 is 0 Å². The van der Waals surface area contributed by atoms with Crippen molar-refractivity contribution in [3.05, 3.63) is 11.6 Å². The number of rotatable bonds is 5. The van der Waals surface area contributed by atoms with Crippen LogP contribution in [0.1, 0.15) is 83.3 Å². The van der Waals surface area contributed by atoms with E-state index in [9.17, 15) is 0 Å². The van der Waals surface area contributed by atoms with Crippen molar-refractivity contribution in [1.82, 2.24) is 25.4 Å². The highest BCUT2D eigenvalue weighted by Crippen LogP contribution is 2.53. The zero-order valence-electron chi connectivity index (χ0n) is 18.6. The van der Waals surface area contributed by atoms with Crippen LogP contribution in [0.25, 0.3) is 0 Å². The first-order valence-corrected chi connectivity index (χ1v) is 11.6. The molecule has 29 heavy (non-hydrogen) atoms. The first-order valence-electron chi connectivity index (χ1n) is 11.6. The Hall–Kier alpha value is -1.63. The van der Waals surface area contributed by atoms with E-state index in [0.29, 0.717) is 29.5 Å². The van der Waals surface area contributed by atoms with Gasteiger partial charge in [-0.3, -0.25) is 4.99 Å². The zero-order chi connectivity index (χ0) is 20.4. The largest absolute Gasteiger partial charge is 0.378 e. The number of aromatic nitrogens is 3. The van der Waals surface area contributed by atoms with Crippen molar-refractivity contribution in [3.63, 3.8) is 0 Å². The van der Waals surface area contributed by atoms with Crippen molar-refractivity contribution >= 4 is 5.96 Å². The second-order valence-electron chi connectivity index (χ2n) is 9.35. The molecule has 2 N–H and O–H groups in total. The molecular weight excluding hydrogens is 364 g/mol. The summed E-state index contributed by atoms with van der Waals surface area (Å²) >= 11 is 0. The fourth-order valence-electron chi connectivity index (χ4n) is 5.49. The standard InChI is InChI=1S/C22H38N6O/c1-5-29-18-13-17(22(18)11-7-6-8-12-22)25-21(23-4)24-16-9-10-19-26-20(15(2)3)27-28(19)14-16/h15-18H,5-14H2,1-4H3,(H2,23,24,25). The Bertz CT molecular complexity index is 721. The quantitative estimate of drug-likeness (QED) is 0.585. The van der Waals surface area contributed by atoms with Gasteiger partial charge in [-0.15, -0.1) is 0 Å². The molecule has 0 saturated heterocycles.